The van der Waals surface area contributed by atoms with E-state index in [1.165, 1.54) is 6.92 Å². The van der Waals surface area contributed by atoms with Gasteiger partial charge in [0.25, 0.3) is 11.8 Å². The van der Waals surface area contributed by atoms with Crippen LogP contribution in [0.5, 0.6) is 0 Å². The van der Waals surface area contributed by atoms with E-state index in [1.54, 1.807) is 23.1 Å². The van der Waals surface area contributed by atoms with Crippen molar-refractivity contribution in [3.8, 4) is 11.4 Å². The molecule has 1 saturated heterocycles. The van der Waals surface area contributed by atoms with Crippen LogP contribution in [0.25, 0.3) is 22.4 Å². The average Bonchev–Trinajstić information content (AvgIpc) is 3.40. The Morgan fingerprint density at radius 2 is 1.59 bits per heavy atom. The number of amides is 3. The Balaban J connectivity index is 1.30. The van der Waals surface area contributed by atoms with Crippen LogP contribution in [0, 0.1) is 0 Å². The normalized spacial score (nSPS) is 13.7. The molecule has 2 aromatic heterocycles. The van der Waals surface area contributed by atoms with Gasteiger partial charge in [0.05, 0.1) is 5.39 Å². The standard InChI is InChI=1S/C28H30N8O3/c1-19(37)29-12-13-30-25-22-18-23(31-26(22)33-24(32-25)20-8-4-2-5-9-20)28(39)35-14-16-36(17-15-35)34-27(38)21-10-6-3-7-11-21/h2-11,18H,12-17H2,1H3,(H,29,37)(H,34,38)(H2,30,31,32,33). The van der Waals surface area contributed by atoms with Crippen molar-refractivity contribution in [2.45, 2.75) is 6.92 Å². The predicted octanol–water partition coefficient (Wildman–Crippen LogP) is 2.28. The van der Waals surface area contributed by atoms with Gasteiger partial charge in [-0.3, -0.25) is 19.8 Å². The molecule has 4 N–H and O–H groups in total. The topological polar surface area (TPSA) is 135 Å². The molecule has 3 heterocycles. The van der Waals surface area contributed by atoms with E-state index < -0.39 is 0 Å². The van der Waals surface area contributed by atoms with Crippen LogP contribution in [0.15, 0.2) is 66.7 Å². The number of hydrazine groups is 1. The highest BCUT2D eigenvalue weighted by Crippen LogP contribution is 2.26. The van der Waals surface area contributed by atoms with Gasteiger partial charge in [-0.2, -0.15) is 0 Å². The van der Waals surface area contributed by atoms with Gasteiger partial charge < -0.3 is 20.5 Å². The number of carbonyl (C=O) groups is 3. The number of benzene rings is 2. The second-order valence-electron chi connectivity index (χ2n) is 9.20. The van der Waals surface area contributed by atoms with Gasteiger partial charge in [0.2, 0.25) is 5.91 Å². The molecule has 0 spiro atoms. The minimum absolute atomic E-state index is 0.108. The van der Waals surface area contributed by atoms with E-state index in [0.717, 1.165) is 5.56 Å². The lowest BCUT2D eigenvalue weighted by molar-refractivity contribution is -0.118. The van der Waals surface area contributed by atoms with Crippen LogP contribution in [-0.4, -0.2) is 81.9 Å². The molecule has 0 aliphatic carbocycles. The first kappa shape index (κ1) is 25.9. The highest BCUT2D eigenvalue weighted by molar-refractivity contribution is 6.00. The summed E-state index contributed by atoms with van der Waals surface area (Å²) in [6.07, 6.45) is 0. The Kier molecular flexibility index (Phi) is 7.78. The highest BCUT2D eigenvalue weighted by atomic mass is 16.2. The molecule has 1 aliphatic rings. The smallest absolute Gasteiger partial charge is 0.270 e. The third kappa shape index (κ3) is 6.21. The van der Waals surface area contributed by atoms with Crippen molar-refractivity contribution < 1.29 is 14.4 Å². The Morgan fingerprint density at radius 3 is 2.28 bits per heavy atom. The lowest BCUT2D eigenvalue weighted by atomic mass is 10.2. The lowest BCUT2D eigenvalue weighted by Gasteiger charge is -2.34. The monoisotopic (exact) mass is 526 g/mol. The van der Waals surface area contributed by atoms with Crippen LogP contribution in [0.2, 0.25) is 0 Å². The number of hydrogen-bond donors (Lipinski definition) is 4. The molecule has 0 saturated carbocycles. The molecule has 1 aliphatic heterocycles. The van der Waals surface area contributed by atoms with Crippen molar-refractivity contribution >= 4 is 34.6 Å². The highest BCUT2D eigenvalue weighted by Gasteiger charge is 2.25. The van der Waals surface area contributed by atoms with Gasteiger partial charge in [0.1, 0.15) is 17.2 Å². The molecule has 200 valence electrons. The maximum absolute atomic E-state index is 13.4. The molecular weight excluding hydrogens is 496 g/mol. The van der Waals surface area contributed by atoms with Gasteiger partial charge in [-0.25, -0.2) is 15.0 Å². The van der Waals surface area contributed by atoms with E-state index in [9.17, 15) is 14.4 Å². The molecule has 11 heteroatoms. The molecule has 5 rings (SSSR count). The fourth-order valence-corrected chi connectivity index (χ4v) is 4.38. The van der Waals surface area contributed by atoms with E-state index in [4.69, 9.17) is 4.98 Å². The maximum atomic E-state index is 13.4. The van der Waals surface area contributed by atoms with E-state index in [-0.39, 0.29) is 17.7 Å². The maximum Gasteiger partial charge on any atom is 0.270 e. The molecule has 0 atom stereocenters. The third-order valence-corrected chi connectivity index (χ3v) is 6.40. The summed E-state index contributed by atoms with van der Waals surface area (Å²) < 4.78 is 0. The number of hydrogen-bond acceptors (Lipinski definition) is 7. The van der Waals surface area contributed by atoms with E-state index in [0.29, 0.717) is 73.2 Å². The van der Waals surface area contributed by atoms with Crippen LogP contribution in [-0.2, 0) is 4.79 Å². The van der Waals surface area contributed by atoms with Gasteiger partial charge in [0.15, 0.2) is 5.82 Å². The molecule has 0 unspecified atom stereocenters. The van der Waals surface area contributed by atoms with Crippen molar-refractivity contribution in [2.24, 2.45) is 0 Å². The summed E-state index contributed by atoms with van der Waals surface area (Å²) in [4.78, 5) is 51.4. The number of nitrogens with zero attached hydrogens (tertiary/aromatic N) is 4. The van der Waals surface area contributed by atoms with Crippen LogP contribution >= 0.6 is 0 Å². The number of carbonyl (C=O) groups excluding carboxylic acids is 3. The molecule has 0 bridgehead atoms. The molecule has 11 nitrogen and oxygen atoms in total. The minimum Gasteiger partial charge on any atom is -0.368 e. The minimum atomic E-state index is -0.169. The van der Waals surface area contributed by atoms with Crippen molar-refractivity contribution in [1.82, 2.24) is 35.6 Å². The van der Waals surface area contributed by atoms with Gasteiger partial charge in [-0.15, -0.1) is 0 Å². The molecule has 2 aromatic carbocycles. The number of piperazine rings is 1. The summed E-state index contributed by atoms with van der Waals surface area (Å²) in [6, 6.07) is 20.4. The number of anilines is 1. The Morgan fingerprint density at radius 1 is 0.897 bits per heavy atom. The van der Waals surface area contributed by atoms with Crippen molar-refractivity contribution in [2.75, 3.05) is 44.6 Å². The summed E-state index contributed by atoms with van der Waals surface area (Å²) in [5.74, 6) is 0.676. The fourth-order valence-electron chi connectivity index (χ4n) is 4.38. The van der Waals surface area contributed by atoms with Crippen LogP contribution < -0.4 is 16.1 Å². The summed E-state index contributed by atoms with van der Waals surface area (Å²) in [6.45, 7) is 4.32. The second-order valence-corrected chi connectivity index (χ2v) is 9.20. The molecule has 39 heavy (non-hydrogen) atoms. The molecule has 1 fully saturated rings. The molecule has 4 aromatic rings. The molecule has 0 radical (unpaired) electrons. The number of aromatic nitrogens is 3. The zero-order chi connectivity index (χ0) is 27.2. The number of rotatable bonds is 8. The first-order valence-electron chi connectivity index (χ1n) is 12.8. The third-order valence-electron chi connectivity index (χ3n) is 6.40. The fraction of sp³-hybridized carbons (Fsp3) is 0.250. The number of aromatic amines is 1. The number of nitrogens with one attached hydrogen (secondary N) is 4. The number of fused-ring (bicyclic) bond motifs is 1. The average molecular weight is 527 g/mol. The first-order valence-corrected chi connectivity index (χ1v) is 12.8. The Hall–Kier alpha value is -4.77. The lowest BCUT2D eigenvalue weighted by Crippen LogP contribution is -2.54. The van der Waals surface area contributed by atoms with Crippen LogP contribution in [0.3, 0.4) is 0 Å². The van der Waals surface area contributed by atoms with Gasteiger partial charge in [-0.1, -0.05) is 48.5 Å². The quantitative estimate of drug-likeness (QED) is 0.259. The van der Waals surface area contributed by atoms with Crippen molar-refractivity contribution in [1.29, 1.82) is 0 Å². The van der Waals surface area contributed by atoms with Crippen LogP contribution in [0.4, 0.5) is 5.82 Å². The number of H-pyrrole nitrogens is 1. The SMILES string of the molecule is CC(=O)NCCNc1nc(-c2ccccc2)nc2[nH]c(C(=O)N3CCN(NC(=O)c4ccccc4)CC3)cc12. The summed E-state index contributed by atoms with van der Waals surface area (Å²) in [7, 11) is 0. The zero-order valence-corrected chi connectivity index (χ0v) is 21.6. The zero-order valence-electron chi connectivity index (χ0n) is 21.6. The summed E-state index contributed by atoms with van der Waals surface area (Å²) in [5.41, 5.74) is 5.31. The Bertz CT molecular complexity index is 1460. The van der Waals surface area contributed by atoms with Crippen molar-refractivity contribution in [3.05, 3.63) is 78.0 Å². The molecule has 3 amide bonds. The van der Waals surface area contributed by atoms with E-state index in [1.807, 2.05) is 53.5 Å². The van der Waals surface area contributed by atoms with Gasteiger partial charge >= 0.3 is 0 Å². The second kappa shape index (κ2) is 11.7. The van der Waals surface area contributed by atoms with Crippen molar-refractivity contribution in [3.63, 3.8) is 0 Å². The predicted molar refractivity (Wildman–Crippen MR) is 148 cm³/mol. The summed E-state index contributed by atoms with van der Waals surface area (Å²) >= 11 is 0. The largest absolute Gasteiger partial charge is 0.368 e. The molecular formula is C28H30N8O3. The Labute approximate surface area is 225 Å². The van der Waals surface area contributed by atoms with E-state index >= 15 is 0 Å². The first-order chi connectivity index (χ1) is 19.0. The summed E-state index contributed by atoms with van der Waals surface area (Å²) in [5, 5.41) is 8.54. The van der Waals surface area contributed by atoms with Crippen LogP contribution in [0.1, 0.15) is 27.8 Å². The van der Waals surface area contributed by atoms with Gasteiger partial charge in [-0.05, 0) is 18.2 Å². The van der Waals surface area contributed by atoms with Gasteiger partial charge in [0, 0.05) is 57.3 Å². The van der Waals surface area contributed by atoms with E-state index in [2.05, 4.69) is 26.0 Å².